The Bertz CT molecular complexity index is 3310. The fourth-order valence-electron chi connectivity index (χ4n) is 6.92. The van der Waals surface area contributed by atoms with Gasteiger partial charge in [0, 0.05) is 63.5 Å². The largest absolute Gasteiger partial charge is 0.456 e. The second-order valence-electron chi connectivity index (χ2n) is 15.5. The van der Waals surface area contributed by atoms with Gasteiger partial charge in [0.2, 0.25) is 0 Å². The lowest BCUT2D eigenvalue weighted by Gasteiger charge is -2.30. The van der Waals surface area contributed by atoms with Gasteiger partial charge in [-0.15, -0.1) is 0 Å². The van der Waals surface area contributed by atoms with Crippen LogP contribution >= 0.6 is 11.8 Å². The molecule has 0 amide bonds. The molecule has 362 valence electrons. The number of ketones is 1. The Hall–Kier alpha value is -5.75. The van der Waals surface area contributed by atoms with Crippen molar-refractivity contribution < 1.29 is 69.8 Å². The summed E-state index contributed by atoms with van der Waals surface area (Å²) in [4.78, 5) is 26.7. The molecule has 1 aliphatic carbocycles. The minimum Gasteiger partial charge on any atom is -0.456 e. The van der Waals surface area contributed by atoms with Crippen molar-refractivity contribution in [2.24, 2.45) is 4.99 Å². The Labute approximate surface area is 391 Å². The molecule has 4 aromatic rings. The van der Waals surface area contributed by atoms with Gasteiger partial charge in [-0.1, -0.05) is 58.7 Å². The minimum absolute atomic E-state index is 0.00192. The van der Waals surface area contributed by atoms with Gasteiger partial charge in [-0.05, 0) is 87.2 Å². The van der Waals surface area contributed by atoms with E-state index in [4.69, 9.17) is 9.41 Å². The topological polar surface area (TPSA) is 195 Å². The van der Waals surface area contributed by atoms with Gasteiger partial charge in [-0.25, -0.2) is 21.8 Å². The molecule has 0 unspecified atom stereocenters. The number of fused-ring (bicyclic) bond motifs is 2. The van der Waals surface area contributed by atoms with Crippen molar-refractivity contribution in [2.45, 2.75) is 68.8 Å². The fourth-order valence-corrected chi connectivity index (χ4v) is 11.9. The third-order valence-electron chi connectivity index (χ3n) is 10.4. The van der Waals surface area contributed by atoms with E-state index in [1.165, 1.54) is 31.2 Å². The van der Waals surface area contributed by atoms with E-state index in [0.29, 0.717) is 20.9 Å². The zero-order valence-electron chi connectivity index (χ0n) is 36.5. The average molecular weight is 1030 g/mol. The molecule has 0 radical (unpaired) electrons. The SMILES string of the molecule is CC(=O)CCSCCC(=O)OS(=O)(=O)C(F)(F)C(F)(F)C(F)(F)S(=O)(=O)NS(=O)(=O)c1ccccc1-c1c2cc/c(=N\c3c(C)cccc3C)cc-2oc2cc(Nc3c(C)cccc3C)ccc12. The van der Waals surface area contributed by atoms with Crippen LogP contribution in [-0.2, 0) is 43.9 Å². The van der Waals surface area contributed by atoms with Crippen molar-refractivity contribution in [1.29, 1.82) is 0 Å². The Morgan fingerprint density at radius 3 is 1.94 bits per heavy atom. The molecule has 4 aromatic carbocycles. The highest BCUT2D eigenvalue weighted by Crippen LogP contribution is 2.51. The molecule has 0 fully saturated rings. The molecule has 13 nitrogen and oxygen atoms in total. The number of anilines is 2. The number of hydrogen-bond donors (Lipinski definition) is 2. The lowest BCUT2D eigenvalue weighted by Crippen LogP contribution is -2.63. The van der Waals surface area contributed by atoms with E-state index in [9.17, 15) is 34.8 Å². The molecule has 2 aliphatic rings. The minimum atomic E-state index is -7.57. The normalized spacial score (nSPS) is 13.2. The van der Waals surface area contributed by atoms with Crippen molar-refractivity contribution in [1.82, 2.24) is 4.13 Å². The molecular weight excluding hydrogens is 985 g/mol. The maximum absolute atomic E-state index is 15.5. The Kier molecular flexibility index (Phi) is 14.7. The summed E-state index contributed by atoms with van der Waals surface area (Å²) in [6, 6.07) is 24.6. The van der Waals surface area contributed by atoms with Crippen LogP contribution in [0.3, 0.4) is 0 Å². The second-order valence-corrected chi connectivity index (χ2v) is 22.0. The lowest BCUT2D eigenvalue weighted by atomic mass is 9.93. The highest BCUT2D eigenvalue weighted by atomic mass is 32.3. The van der Waals surface area contributed by atoms with Crippen LogP contribution in [0, 0.1) is 27.7 Å². The first-order chi connectivity index (χ1) is 31.6. The molecular formula is C45H41F6N3O10S4. The van der Waals surface area contributed by atoms with Gasteiger partial charge >= 0.3 is 32.5 Å². The van der Waals surface area contributed by atoms with Crippen molar-refractivity contribution >= 4 is 81.7 Å². The molecule has 0 bridgehead atoms. The quantitative estimate of drug-likeness (QED) is 0.0359. The Morgan fingerprint density at radius 1 is 0.706 bits per heavy atom. The maximum atomic E-state index is 15.5. The van der Waals surface area contributed by atoms with Crippen LogP contribution in [-0.4, -0.2) is 64.9 Å². The number of nitrogens with one attached hydrogen (secondary N) is 2. The van der Waals surface area contributed by atoms with Crippen LogP contribution in [0.5, 0.6) is 0 Å². The summed E-state index contributed by atoms with van der Waals surface area (Å²) >= 11 is 0.835. The number of carbonyl (C=O) groups excluding carboxylic acids is 2. The zero-order chi connectivity index (χ0) is 50.2. The van der Waals surface area contributed by atoms with Crippen LogP contribution in [0.1, 0.15) is 42.0 Å². The van der Waals surface area contributed by atoms with Gasteiger partial charge in [0.1, 0.15) is 17.1 Å². The molecule has 2 N–H and O–H groups in total. The number of hydrogen-bond acceptors (Lipinski definition) is 13. The number of aryl methyl sites for hydroxylation is 4. The van der Waals surface area contributed by atoms with Gasteiger partial charge in [0.05, 0.1) is 22.4 Å². The molecule has 0 spiro atoms. The van der Waals surface area contributed by atoms with Crippen LogP contribution in [0.4, 0.5) is 43.4 Å². The number of alkyl halides is 6. The first-order valence-electron chi connectivity index (χ1n) is 20.1. The van der Waals surface area contributed by atoms with E-state index in [1.54, 1.807) is 18.2 Å². The van der Waals surface area contributed by atoms with E-state index >= 15 is 26.3 Å². The van der Waals surface area contributed by atoms with Gasteiger partial charge < -0.3 is 13.9 Å². The lowest BCUT2D eigenvalue weighted by molar-refractivity contribution is -0.246. The molecule has 0 atom stereocenters. The number of thioether (sulfide) groups is 1. The summed E-state index contributed by atoms with van der Waals surface area (Å²) in [5.41, 5.74) is 5.19. The standard InChI is InChI=1S/C45H41F6N3O10S4/c1-26-10-8-11-27(2)41(26)52-31-16-18-33-36(24-31)63-37-25-32(53-42-28(3)12-9-13-29(42)4)17-19-34(37)40(33)35-14-6-7-15-38(35)66(57,58)54-67(59,60)44(48,49)43(46,47)45(50,51)68(61,62)64-39(56)21-23-65-22-20-30(5)55/h6-19,24-25,52,54H,20-23H2,1-5H3/b53-32+. The first kappa shape index (κ1) is 51.6. The molecule has 6 rings (SSSR count). The molecule has 68 heavy (non-hydrogen) atoms. The molecule has 0 saturated heterocycles. The monoisotopic (exact) mass is 1030 g/mol. The predicted molar refractivity (Wildman–Crippen MR) is 245 cm³/mol. The molecule has 0 saturated carbocycles. The van der Waals surface area contributed by atoms with E-state index in [1.807, 2.05) is 64.1 Å². The predicted octanol–water partition coefficient (Wildman–Crippen LogP) is 9.82. The molecule has 0 aromatic heterocycles. The van der Waals surface area contributed by atoms with E-state index in [-0.39, 0.29) is 51.6 Å². The fraction of sp³-hybridized carbons (Fsp3) is 0.267. The summed E-state index contributed by atoms with van der Waals surface area (Å²) in [5, 5.41) is -10.5. The maximum Gasteiger partial charge on any atom is 0.450 e. The van der Waals surface area contributed by atoms with Gasteiger partial charge in [-0.3, -0.25) is 9.59 Å². The summed E-state index contributed by atoms with van der Waals surface area (Å²) in [5.74, 6) is -10.1. The van der Waals surface area contributed by atoms with Crippen LogP contribution in [0.2, 0.25) is 0 Å². The van der Waals surface area contributed by atoms with E-state index in [2.05, 4.69) is 9.50 Å². The third-order valence-corrected chi connectivity index (χ3v) is 16.3. The molecule has 1 heterocycles. The van der Waals surface area contributed by atoms with Crippen LogP contribution in [0.25, 0.3) is 33.4 Å². The Morgan fingerprint density at radius 2 is 1.31 bits per heavy atom. The highest BCUT2D eigenvalue weighted by molar-refractivity contribution is 8.05. The van der Waals surface area contributed by atoms with Crippen molar-refractivity contribution in [3.05, 3.63) is 125 Å². The summed E-state index contributed by atoms with van der Waals surface area (Å²) < 4.78 is 180. The van der Waals surface area contributed by atoms with Crippen LogP contribution in [0.15, 0.2) is 111 Å². The molecule has 1 aliphatic heterocycles. The highest BCUT2D eigenvalue weighted by Gasteiger charge is 2.83. The summed E-state index contributed by atoms with van der Waals surface area (Å²) in [6.45, 7) is 8.69. The van der Waals surface area contributed by atoms with E-state index in [0.717, 1.165) is 57.9 Å². The zero-order valence-corrected chi connectivity index (χ0v) is 39.8. The number of nitrogens with zero attached hydrogens (tertiary/aromatic N) is 1. The first-order valence-corrected chi connectivity index (χ1v) is 25.6. The van der Waals surface area contributed by atoms with Crippen LogP contribution < -0.4 is 14.8 Å². The number of Topliss-reactive ketones (excluding diaryl/α,β-unsaturated/α-hetero) is 1. The Balaban J connectivity index is 1.43. The van der Waals surface area contributed by atoms with Crippen molar-refractivity contribution in [3.63, 3.8) is 0 Å². The smallest absolute Gasteiger partial charge is 0.450 e. The average Bonchev–Trinajstić information content (AvgIpc) is 3.24. The number of rotatable bonds is 18. The second kappa shape index (κ2) is 19.3. The number of para-hydroxylation sites is 2. The summed E-state index contributed by atoms with van der Waals surface area (Å²) in [7, 11) is -21.0. The van der Waals surface area contributed by atoms with Gasteiger partial charge in [0.15, 0.2) is 0 Å². The summed E-state index contributed by atoms with van der Waals surface area (Å²) in [6.07, 6.45) is -1.04. The van der Waals surface area contributed by atoms with E-state index < -0.39 is 69.4 Å². The molecule has 23 heteroatoms. The number of benzene rings is 5. The third kappa shape index (κ3) is 10.2. The van der Waals surface area contributed by atoms with Gasteiger partial charge in [-0.2, -0.15) is 46.5 Å². The number of carbonyl (C=O) groups is 2. The van der Waals surface area contributed by atoms with Crippen molar-refractivity contribution in [3.8, 4) is 22.5 Å². The number of halogens is 6. The number of sulfonamides is 2. The van der Waals surface area contributed by atoms with Crippen molar-refractivity contribution in [2.75, 3.05) is 16.8 Å². The van der Waals surface area contributed by atoms with Gasteiger partial charge in [0.25, 0.3) is 20.0 Å².